The molecule has 0 unspecified atom stereocenters. The molecule has 4 N–H and O–H groups in total. The summed E-state index contributed by atoms with van der Waals surface area (Å²) < 4.78 is 0. The fourth-order valence-electron chi connectivity index (χ4n) is 0. The Kier molecular flexibility index (Phi) is 107. The molecular formula is C4H4Na2O13Zr. The predicted molar refractivity (Wildman–Crippen MR) is 32.8 cm³/mol. The Morgan fingerprint density at radius 3 is 0.550 bits per heavy atom. The number of hydrogen-bond donors (Lipinski definition) is 4. The van der Waals surface area contributed by atoms with Gasteiger partial charge >= 0.3 is 85.3 Å². The Hall–Kier alpha value is -0.0769. The molecule has 0 saturated carbocycles. The van der Waals surface area contributed by atoms with Crippen molar-refractivity contribution in [3.8, 4) is 0 Å². The van der Waals surface area contributed by atoms with Crippen LogP contribution in [0.3, 0.4) is 0 Å². The van der Waals surface area contributed by atoms with Crippen molar-refractivity contribution in [3.05, 3.63) is 0 Å². The van der Waals surface area contributed by atoms with Crippen molar-refractivity contribution in [2.45, 2.75) is 0 Å². The van der Waals surface area contributed by atoms with Crippen molar-refractivity contribution in [1.82, 2.24) is 0 Å². The maximum absolute atomic E-state index is 8.44. The van der Waals surface area contributed by atoms with Crippen molar-refractivity contribution >= 4 is 24.6 Å². The van der Waals surface area contributed by atoms with E-state index in [0.29, 0.717) is 0 Å². The van der Waals surface area contributed by atoms with Crippen LogP contribution in [0.1, 0.15) is 0 Å². The van der Waals surface area contributed by atoms with Crippen LogP contribution >= 0.6 is 0 Å². The van der Waals surface area contributed by atoms with Crippen molar-refractivity contribution in [2.24, 2.45) is 0 Å². The molecule has 0 aliphatic rings. The first-order valence-electron chi connectivity index (χ1n) is 2.53. The van der Waals surface area contributed by atoms with Crippen LogP contribution in [0.25, 0.3) is 0 Å². The molecule has 0 amide bonds. The van der Waals surface area contributed by atoms with E-state index < -0.39 is 24.6 Å². The zero-order valence-corrected chi connectivity index (χ0v) is 16.4. The summed E-state index contributed by atoms with van der Waals surface area (Å²) >= 11 is 0. The molecule has 16 heteroatoms. The van der Waals surface area contributed by atoms with Crippen molar-refractivity contribution in [3.63, 3.8) is 0 Å². The van der Waals surface area contributed by atoms with Gasteiger partial charge in [0.2, 0.25) is 24.6 Å². The maximum Gasteiger partial charge on any atom is 4.00 e. The molecule has 0 radical (unpaired) electrons. The summed E-state index contributed by atoms with van der Waals surface area (Å²) in [5, 5.41) is 61.2. The van der Waals surface area contributed by atoms with E-state index in [1.807, 2.05) is 0 Å². The van der Waals surface area contributed by atoms with E-state index in [1.54, 1.807) is 0 Å². The van der Waals surface area contributed by atoms with Gasteiger partial charge in [-0.3, -0.25) is 0 Å². The molecule has 0 atom stereocenters. The van der Waals surface area contributed by atoms with Crippen LogP contribution in [-0.2, 0) is 31.7 Å². The Morgan fingerprint density at radius 2 is 0.550 bits per heavy atom. The van der Waals surface area contributed by atoms with E-state index in [4.69, 9.17) is 60.0 Å². The molecule has 0 saturated heterocycles. The van der Waals surface area contributed by atoms with Gasteiger partial charge < -0.3 is 65.5 Å². The molecule has 0 bridgehead atoms. The van der Waals surface area contributed by atoms with Crippen LogP contribution < -0.4 is 79.5 Å². The summed E-state index contributed by atoms with van der Waals surface area (Å²) in [5.41, 5.74) is 0. The van der Waals surface area contributed by atoms with E-state index in [9.17, 15) is 0 Å². The number of carbonyl (C=O) groups is 4. The first-order valence-corrected chi connectivity index (χ1v) is 2.53. The molecule has 0 rings (SSSR count). The van der Waals surface area contributed by atoms with E-state index in [-0.39, 0.29) is 90.8 Å². The Labute approximate surface area is 173 Å². The topological polar surface area (TPSA) is 270 Å². The summed E-state index contributed by atoms with van der Waals surface area (Å²) in [7, 11) is 0. The molecule has 0 fully saturated rings. The monoisotopic (exact) mass is 396 g/mol. The molecular weight excluding hydrogens is 393 g/mol. The van der Waals surface area contributed by atoms with Gasteiger partial charge in [-0.2, -0.15) is 0 Å². The number of rotatable bonds is 0. The third kappa shape index (κ3) is 868000. The third-order valence-corrected chi connectivity index (χ3v) is 0. The van der Waals surface area contributed by atoms with Crippen LogP contribution in [0.5, 0.6) is 0 Å². The van der Waals surface area contributed by atoms with Gasteiger partial charge in [0.05, 0.1) is 0 Å². The normalized spacial score (nSPS) is 4.80. The minimum atomic E-state index is -2.08. The van der Waals surface area contributed by atoms with Gasteiger partial charge in [0.25, 0.3) is 0 Å². The van der Waals surface area contributed by atoms with Crippen LogP contribution in [0.15, 0.2) is 0 Å². The summed E-state index contributed by atoms with van der Waals surface area (Å²) in [4.78, 5) is 33.8. The average Bonchev–Trinajstić information content (AvgIpc) is 1.76. The Bertz CT molecular complexity index is 168. The fraction of sp³-hybridized carbons (Fsp3) is 0. The predicted octanol–water partition coefficient (Wildman–Crippen LogP) is -10.6. The van der Waals surface area contributed by atoms with E-state index in [0.717, 1.165) is 0 Å². The van der Waals surface area contributed by atoms with Gasteiger partial charge in [0.1, 0.15) is 0 Å². The standard InChI is InChI=1S/4CH2O3.2Na.O.Zr/c4*2-1(3)4;;;;/h4*(H2,2,3,4);;;;/q;;;;2*+1;-2;+4/p-4. The molecule has 0 aliphatic heterocycles. The van der Waals surface area contributed by atoms with Crippen molar-refractivity contribution in [1.29, 1.82) is 0 Å². The first-order chi connectivity index (χ1) is 6.93. The van der Waals surface area contributed by atoms with Crippen LogP contribution in [0, 0.1) is 0 Å². The Balaban J connectivity index is -0.0000000150. The first kappa shape index (κ1) is 50.2. The smallest absolute Gasteiger partial charge is 2.00 e. The van der Waals surface area contributed by atoms with Gasteiger partial charge in [-0.1, -0.05) is 0 Å². The van der Waals surface area contributed by atoms with E-state index in [2.05, 4.69) is 0 Å². The molecule has 0 aromatic heterocycles. The number of carboxylic acid groups (broad SMARTS) is 8. The molecule has 13 nitrogen and oxygen atoms in total. The average molecular weight is 397 g/mol. The summed E-state index contributed by atoms with van der Waals surface area (Å²) in [6.45, 7) is 0. The fourth-order valence-corrected chi connectivity index (χ4v) is 0. The van der Waals surface area contributed by atoms with E-state index >= 15 is 0 Å². The summed E-state index contributed by atoms with van der Waals surface area (Å²) in [5.74, 6) is 0. The molecule has 0 spiro atoms. The second-order valence-electron chi connectivity index (χ2n) is 1.06. The molecule has 0 heterocycles. The molecule has 0 aromatic carbocycles. The maximum atomic E-state index is 8.44. The molecule has 104 valence electrons. The quantitative estimate of drug-likeness (QED) is 0.277. The minimum absolute atomic E-state index is 0. The van der Waals surface area contributed by atoms with Crippen molar-refractivity contribution < 1.29 is 151 Å². The van der Waals surface area contributed by atoms with Crippen molar-refractivity contribution in [2.75, 3.05) is 0 Å². The van der Waals surface area contributed by atoms with E-state index in [1.165, 1.54) is 0 Å². The molecule has 0 aromatic rings. The van der Waals surface area contributed by atoms with Gasteiger partial charge in [-0.15, -0.1) is 0 Å². The molecule has 20 heavy (non-hydrogen) atoms. The largest absolute Gasteiger partial charge is 4.00 e. The zero-order valence-electron chi connectivity index (χ0n) is 9.96. The Morgan fingerprint density at radius 1 is 0.550 bits per heavy atom. The summed E-state index contributed by atoms with van der Waals surface area (Å²) in [6, 6.07) is 0. The zero-order chi connectivity index (χ0) is 14.3. The SMILES string of the molecule is O=C([O-])O.O=C([O-])O.O=C([O-])O.O=C([O-])O.[Na+].[Na+].[O-2].[Zr+4]. The third-order valence-electron chi connectivity index (χ3n) is 0. The number of hydrogen-bond acceptors (Lipinski definition) is 8. The molecule has 0 aliphatic carbocycles. The second-order valence-corrected chi connectivity index (χ2v) is 1.06. The second kappa shape index (κ2) is 42.8. The minimum Gasteiger partial charge on any atom is -2.00 e. The van der Waals surface area contributed by atoms with Gasteiger partial charge in [-0.25, -0.2) is 0 Å². The van der Waals surface area contributed by atoms with Gasteiger partial charge in [0.15, 0.2) is 0 Å². The van der Waals surface area contributed by atoms with Gasteiger partial charge in [0, 0.05) is 0 Å². The van der Waals surface area contributed by atoms with Gasteiger partial charge in [-0.05, 0) is 0 Å². The summed E-state index contributed by atoms with van der Waals surface area (Å²) in [6.07, 6.45) is -8.33. The van der Waals surface area contributed by atoms with Crippen LogP contribution in [0.2, 0.25) is 0 Å². The van der Waals surface area contributed by atoms with Crippen LogP contribution in [0.4, 0.5) is 19.2 Å². The van der Waals surface area contributed by atoms with Crippen LogP contribution in [-0.4, -0.2) is 45.0 Å².